The smallest absolute Gasteiger partial charge is 0.306 e. The van der Waals surface area contributed by atoms with E-state index < -0.39 is 6.10 Å². The van der Waals surface area contributed by atoms with Crippen molar-refractivity contribution in [3.63, 3.8) is 0 Å². The molecule has 0 fully saturated rings. The number of esters is 1. The van der Waals surface area contributed by atoms with Crippen LogP contribution in [0.1, 0.15) is 112 Å². The largest absolute Gasteiger partial charge is 0.454 e. The minimum atomic E-state index is -0.707. The van der Waals surface area contributed by atoms with Crippen molar-refractivity contribution in [3.05, 3.63) is 34.4 Å². The van der Waals surface area contributed by atoms with Crippen molar-refractivity contribution in [1.82, 2.24) is 0 Å². The molecule has 0 aliphatic carbocycles. The van der Waals surface area contributed by atoms with Crippen molar-refractivity contribution >= 4 is 20.9 Å². The topological polar surface area (TPSA) is 60.4 Å². The number of benzene rings is 1. The van der Waals surface area contributed by atoms with Gasteiger partial charge in [-0.1, -0.05) is 89.8 Å². The van der Waals surface area contributed by atoms with Gasteiger partial charge in [0, 0.05) is 12.0 Å². The van der Waals surface area contributed by atoms with Crippen LogP contribution in [0.4, 0.5) is 0 Å². The molecule has 0 saturated heterocycles. The summed E-state index contributed by atoms with van der Waals surface area (Å²) in [6, 6.07) is 4.03. The Balaban J connectivity index is 0.00000436. The summed E-state index contributed by atoms with van der Waals surface area (Å²) < 4.78 is 13.7. The molecular formula is C26H43O4P. The average Bonchev–Trinajstić information content (AvgIpc) is 2.71. The molecule has 1 aromatic carbocycles. The van der Waals surface area contributed by atoms with Crippen LogP contribution < -0.4 is 0 Å². The van der Waals surface area contributed by atoms with Gasteiger partial charge in [-0.3, -0.25) is 14.2 Å². The SMILES string of the molecule is CCCCCCCCCCCC(=O)OC(C(=O)c1c(C)cc(C)cc1C)C(C)C.O=P. The van der Waals surface area contributed by atoms with E-state index >= 15 is 0 Å². The van der Waals surface area contributed by atoms with Gasteiger partial charge in [0.1, 0.15) is 9.12 Å². The number of hydrogen-bond acceptors (Lipinski definition) is 4. The molecule has 0 aromatic heterocycles. The third-order valence-electron chi connectivity index (χ3n) is 5.53. The molecule has 0 aliphatic rings. The lowest BCUT2D eigenvalue weighted by molar-refractivity contribution is -0.148. The number of rotatable bonds is 14. The first-order chi connectivity index (χ1) is 14.8. The highest BCUT2D eigenvalue weighted by Crippen LogP contribution is 2.22. The lowest BCUT2D eigenvalue weighted by Gasteiger charge is -2.22. The van der Waals surface area contributed by atoms with Crippen molar-refractivity contribution < 1.29 is 18.9 Å². The summed E-state index contributed by atoms with van der Waals surface area (Å²) in [5.74, 6) is -0.368. The van der Waals surface area contributed by atoms with E-state index in [4.69, 9.17) is 9.30 Å². The van der Waals surface area contributed by atoms with E-state index in [0.717, 1.165) is 29.5 Å². The minimum Gasteiger partial charge on any atom is -0.454 e. The molecule has 0 N–H and O–H groups in total. The van der Waals surface area contributed by atoms with Gasteiger partial charge in [-0.05, 0) is 44.2 Å². The normalized spacial score (nSPS) is 11.6. The molecular weight excluding hydrogens is 407 g/mol. The van der Waals surface area contributed by atoms with Crippen LogP contribution in [0.2, 0.25) is 0 Å². The van der Waals surface area contributed by atoms with Crippen LogP contribution in [0.3, 0.4) is 0 Å². The second-order valence-electron chi connectivity index (χ2n) is 8.87. The molecule has 0 saturated carbocycles. The lowest BCUT2D eigenvalue weighted by atomic mass is 9.90. The second-order valence-corrected chi connectivity index (χ2v) is 8.87. The number of aryl methyl sites for hydroxylation is 3. The molecule has 31 heavy (non-hydrogen) atoms. The number of Topliss-reactive ketones (excluding diaryl/α,β-unsaturated/α-hetero) is 1. The van der Waals surface area contributed by atoms with Crippen LogP contribution in [0, 0.1) is 26.7 Å². The van der Waals surface area contributed by atoms with Gasteiger partial charge in [0.2, 0.25) is 5.78 Å². The van der Waals surface area contributed by atoms with E-state index in [-0.39, 0.29) is 17.7 Å². The first-order valence-electron chi connectivity index (χ1n) is 11.8. The number of unbranched alkanes of at least 4 members (excludes halogenated alkanes) is 8. The minimum absolute atomic E-state index is 0.0466. The average molecular weight is 451 g/mol. The number of ketones is 1. The van der Waals surface area contributed by atoms with Crippen molar-refractivity contribution in [2.45, 2.75) is 112 Å². The third kappa shape index (κ3) is 11.6. The molecule has 0 bridgehead atoms. The van der Waals surface area contributed by atoms with E-state index in [1.807, 2.05) is 46.8 Å². The monoisotopic (exact) mass is 450 g/mol. The predicted molar refractivity (Wildman–Crippen MR) is 131 cm³/mol. The second kappa shape index (κ2) is 17.1. The molecule has 1 atom stereocenters. The van der Waals surface area contributed by atoms with Gasteiger partial charge in [0.05, 0.1) is 0 Å². The van der Waals surface area contributed by atoms with Gasteiger partial charge in [-0.2, -0.15) is 0 Å². The predicted octanol–water partition coefficient (Wildman–Crippen LogP) is 7.76. The number of carbonyl (C=O) groups excluding carboxylic acids is 2. The van der Waals surface area contributed by atoms with Crippen molar-refractivity contribution in [2.75, 3.05) is 0 Å². The van der Waals surface area contributed by atoms with Gasteiger partial charge in [0.15, 0.2) is 6.10 Å². The molecule has 5 heteroatoms. The zero-order chi connectivity index (χ0) is 23.8. The van der Waals surface area contributed by atoms with Crippen molar-refractivity contribution in [3.8, 4) is 0 Å². The molecule has 1 aromatic rings. The number of ether oxygens (including phenoxy) is 1. The van der Waals surface area contributed by atoms with Gasteiger partial charge >= 0.3 is 5.97 Å². The fourth-order valence-corrected chi connectivity index (χ4v) is 3.98. The van der Waals surface area contributed by atoms with Crippen LogP contribution in [0.15, 0.2) is 12.1 Å². The Bertz CT molecular complexity index is 646. The molecule has 1 unspecified atom stereocenters. The molecule has 0 spiro atoms. The van der Waals surface area contributed by atoms with Crippen LogP contribution in [-0.2, 0) is 14.1 Å². The summed E-state index contributed by atoms with van der Waals surface area (Å²) >= 11 is 0. The zero-order valence-corrected chi connectivity index (χ0v) is 21.5. The number of carbonyl (C=O) groups is 2. The Labute approximate surface area is 192 Å². The Kier molecular flexibility index (Phi) is 16.2. The first-order valence-corrected chi connectivity index (χ1v) is 12.2. The summed E-state index contributed by atoms with van der Waals surface area (Å²) in [5, 5.41) is 0. The summed E-state index contributed by atoms with van der Waals surface area (Å²) in [6.07, 6.45) is 10.6. The van der Waals surface area contributed by atoms with Crippen LogP contribution in [0.25, 0.3) is 0 Å². The Morgan fingerprint density at radius 2 is 1.29 bits per heavy atom. The van der Waals surface area contributed by atoms with E-state index in [2.05, 4.69) is 6.92 Å². The van der Waals surface area contributed by atoms with Crippen LogP contribution >= 0.6 is 9.12 Å². The highest BCUT2D eigenvalue weighted by Gasteiger charge is 2.29. The molecule has 0 heterocycles. The van der Waals surface area contributed by atoms with E-state index in [9.17, 15) is 9.59 Å². The Morgan fingerprint density at radius 1 is 0.839 bits per heavy atom. The maximum absolute atomic E-state index is 13.1. The third-order valence-corrected chi connectivity index (χ3v) is 5.53. The molecule has 0 radical (unpaired) electrons. The molecule has 0 aliphatic heterocycles. The summed E-state index contributed by atoms with van der Waals surface area (Å²) in [6.45, 7) is 12.0. The van der Waals surface area contributed by atoms with Gasteiger partial charge in [-0.25, -0.2) is 0 Å². The Morgan fingerprint density at radius 3 is 1.74 bits per heavy atom. The lowest BCUT2D eigenvalue weighted by Crippen LogP contribution is -2.33. The Hall–Kier alpha value is -1.54. The fraction of sp³-hybridized carbons (Fsp3) is 0.692. The highest BCUT2D eigenvalue weighted by molar-refractivity contribution is 7.00. The van der Waals surface area contributed by atoms with Crippen LogP contribution in [-0.4, -0.2) is 17.9 Å². The molecule has 0 amide bonds. The molecule has 1 rings (SSSR count). The van der Waals surface area contributed by atoms with E-state index in [1.165, 1.54) is 44.9 Å². The summed E-state index contributed by atoms with van der Waals surface area (Å²) in [5.41, 5.74) is 3.74. The van der Waals surface area contributed by atoms with Crippen LogP contribution in [0.5, 0.6) is 0 Å². The van der Waals surface area contributed by atoms with Crippen molar-refractivity contribution in [2.24, 2.45) is 5.92 Å². The molecule has 176 valence electrons. The van der Waals surface area contributed by atoms with Gasteiger partial charge < -0.3 is 4.74 Å². The quantitative estimate of drug-likeness (QED) is 0.126. The fourth-order valence-electron chi connectivity index (χ4n) is 3.98. The summed E-state index contributed by atoms with van der Waals surface area (Å²) in [7, 11) is 1.72. The highest BCUT2D eigenvalue weighted by atomic mass is 31.0. The van der Waals surface area contributed by atoms with Gasteiger partial charge in [0.25, 0.3) is 0 Å². The maximum Gasteiger partial charge on any atom is 0.306 e. The standard InChI is InChI=1S/C26H42O3.HOP/c1-7-8-9-10-11-12-13-14-15-16-23(27)29-26(19(2)3)25(28)24-21(5)17-20(4)18-22(24)6;1-2/h17-19,26H,7-16H2,1-6H3;2H. The summed E-state index contributed by atoms with van der Waals surface area (Å²) in [4.78, 5) is 25.5. The van der Waals surface area contributed by atoms with E-state index in [0.29, 0.717) is 12.0 Å². The maximum atomic E-state index is 13.1. The first kappa shape index (κ1) is 29.5. The van der Waals surface area contributed by atoms with E-state index in [1.54, 1.807) is 9.12 Å². The number of hydrogen-bond donors (Lipinski definition) is 0. The van der Waals surface area contributed by atoms with Crippen molar-refractivity contribution in [1.29, 1.82) is 0 Å². The molecule has 4 nitrogen and oxygen atoms in total. The van der Waals surface area contributed by atoms with Gasteiger partial charge in [-0.15, -0.1) is 0 Å². The zero-order valence-electron chi connectivity index (χ0n) is 20.5.